The van der Waals surface area contributed by atoms with E-state index in [9.17, 15) is 19.7 Å². The Morgan fingerprint density at radius 1 is 1.22 bits per heavy atom. The third-order valence-corrected chi connectivity index (χ3v) is 7.34. The molecule has 0 atom stereocenters. The number of nitrogens with one attached hydrogen (secondary N) is 1. The maximum absolute atomic E-state index is 12.9. The number of hydrogen-bond donors (Lipinski definition) is 1. The van der Waals surface area contributed by atoms with Crippen LogP contribution in [0.4, 0.5) is 16.4 Å². The fraction of sp³-hybridized carbons (Fsp3) is 0.455. The third kappa shape index (κ3) is 4.20. The molecule has 1 N–H and O–H groups in total. The number of esters is 1. The van der Waals surface area contributed by atoms with Crippen LogP contribution in [-0.2, 0) is 17.6 Å². The van der Waals surface area contributed by atoms with Crippen molar-refractivity contribution in [2.45, 2.75) is 26.2 Å². The number of amides is 1. The number of carbonyl (C=O) groups is 2. The van der Waals surface area contributed by atoms with Crippen LogP contribution < -0.4 is 10.2 Å². The second kappa shape index (κ2) is 9.25. The van der Waals surface area contributed by atoms with E-state index in [0.29, 0.717) is 29.3 Å². The lowest BCUT2D eigenvalue weighted by Gasteiger charge is -2.35. The number of fused-ring (bicyclic) bond motifs is 1. The van der Waals surface area contributed by atoms with Crippen molar-refractivity contribution < 1.29 is 19.2 Å². The number of piperazine rings is 1. The Balaban J connectivity index is 1.58. The second-order valence-electron chi connectivity index (χ2n) is 7.89. The van der Waals surface area contributed by atoms with Gasteiger partial charge in [0.05, 0.1) is 17.6 Å². The molecule has 1 aliphatic heterocycles. The first-order chi connectivity index (χ1) is 15.4. The Hall–Kier alpha value is -2.98. The zero-order valence-corrected chi connectivity index (χ0v) is 19.0. The van der Waals surface area contributed by atoms with Crippen molar-refractivity contribution in [3.8, 4) is 0 Å². The van der Waals surface area contributed by atoms with E-state index >= 15 is 0 Å². The third-order valence-electron chi connectivity index (χ3n) is 6.13. The maximum Gasteiger partial charge on any atom is 0.341 e. The van der Waals surface area contributed by atoms with Gasteiger partial charge in [0.15, 0.2) is 0 Å². The van der Waals surface area contributed by atoms with Gasteiger partial charge < -0.3 is 19.9 Å². The van der Waals surface area contributed by atoms with Gasteiger partial charge in [-0.2, -0.15) is 0 Å². The van der Waals surface area contributed by atoms with Crippen molar-refractivity contribution in [1.82, 2.24) is 4.90 Å². The van der Waals surface area contributed by atoms with Crippen LogP contribution in [-0.4, -0.2) is 61.5 Å². The number of nitro benzene ring substituents is 1. The highest BCUT2D eigenvalue weighted by atomic mass is 32.1. The number of anilines is 2. The minimum atomic E-state index is -0.486. The largest absolute Gasteiger partial charge is 0.465 e. The predicted octanol–water partition coefficient (Wildman–Crippen LogP) is 3.33. The average molecular weight is 459 g/mol. The number of benzene rings is 1. The molecular weight excluding hydrogens is 432 g/mol. The lowest BCUT2D eigenvalue weighted by Crippen LogP contribution is -2.46. The van der Waals surface area contributed by atoms with Gasteiger partial charge in [-0.1, -0.05) is 6.92 Å². The van der Waals surface area contributed by atoms with Gasteiger partial charge in [0.2, 0.25) is 0 Å². The average Bonchev–Trinajstić information content (AvgIpc) is 3.39. The van der Waals surface area contributed by atoms with Crippen LogP contribution >= 0.6 is 11.3 Å². The molecule has 10 heteroatoms. The zero-order valence-electron chi connectivity index (χ0n) is 18.2. The smallest absolute Gasteiger partial charge is 0.341 e. The summed E-state index contributed by atoms with van der Waals surface area (Å²) in [7, 11) is 1.31. The van der Waals surface area contributed by atoms with Gasteiger partial charge in [0.1, 0.15) is 10.7 Å². The molecule has 0 spiro atoms. The fourth-order valence-corrected chi connectivity index (χ4v) is 5.64. The van der Waals surface area contributed by atoms with Crippen LogP contribution in [0, 0.1) is 10.1 Å². The highest BCUT2D eigenvalue weighted by Crippen LogP contribution is 2.40. The first-order valence-corrected chi connectivity index (χ1v) is 11.5. The molecule has 1 saturated heterocycles. The summed E-state index contributed by atoms with van der Waals surface area (Å²) in [6, 6.07) is 4.56. The van der Waals surface area contributed by atoms with Crippen molar-refractivity contribution in [3.63, 3.8) is 0 Å². The van der Waals surface area contributed by atoms with Gasteiger partial charge in [0.25, 0.3) is 11.6 Å². The lowest BCUT2D eigenvalue weighted by atomic mass is 10.1. The summed E-state index contributed by atoms with van der Waals surface area (Å²) >= 11 is 1.37. The van der Waals surface area contributed by atoms with Crippen LogP contribution in [0.3, 0.4) is 0 Å². The molecular formula is C22H26N4O5S. The van der Waals surface area contributed by atoms with Gasteiger partial charge in [-0.05, 0) is 43.5 Å². The molecule has 0 unspecified atom stereocenters. The standard InChI is InChI=1S/C22H26N4O5S/c1-3-24-9-11-25(12-10-24)16-8-7-14(13-17(16)26(29)30)20(27)23-21-19(22(28)31-2)15-5-4-6-18(15)32-21/h7-8,13H,3-6,9-12H2,1-2H3,(H,23,27). The molecule has 2 heterocycles. The predicted molar refractivity (Wildman–Crippen MR) is 123 cm³/mol. The van der Waals surface area contributed by atoms with Crippen molar-refractivity contribution in [2.75, 3.05) is 50.1 Å². The summed E-state index contributed by atoms with van der Waals surface area (Å²) in [5.74, 6) is -0.965. The van der Waals surface area contributed by atoms with Crippen LogP contribution in [0.15, 0.2) is 18.2 Å². The number of aryl methyl sites for hydroxylation is 1. The highest BCUT2D eigenvalue weighted by Gasteiger charge is 2.29. The topological polar surface area (TPSA) is 105 Å². The summed E-state index contributed by atoms with van der Waals surface area (Å²) in [6.45, 7) is 6.13. The lowest BCUT2D eigenvalue weighted by molar-refractivity contribution is -0.384. The summed E-state index contributed by atoms with van der Waals surface area (Å²) in [4.78, 5) is 42.0. The van der Waals surface area contributed by atoms with Crippen LogP contribution in [0.1, 0.15) is 44.5 Å². The summed E-state index contributed by atoms with van der Waals surface area (Å²) in [5, 5.41) is 15.0. The Bertz CT molecular complexity index is 1060. The van der Waals surface area contributed by atoms with Crippen molar-refractivity contribution in [3.05, 3.63) is 49.9 Å². The second-order valence-corrected chi connectivity index (χ2v) is 8.99. The minimum absolute atomic E-state index is 0.0931. The monoisotopic (exact) mass is 458 g/mol. The molecule has 2 aliphatic rings. The van der Waals surface area contributed by atoms with E-state index in [1.54, 1.807) is 12.1 Å². The SMILES string of the molecule is CCN1CCN(c2ccc(C(=O)Nc3sc4c(c3C(=O)OC)CCC4)cc2[N+](=O)[O-])CC1. The molecule has 1 aromatic carbocycles. The summed E-state index contributed by atoms with van der Waals surface area (Å²) in [6.07, 6.45) is 2.61. The van der Waals surface area contributed by atoms with Crippen molar-refractivity contribution in [2.24, 2.45) is 0 Å². The molecule has 2 aromatic rings. The summed E-state index contributed by atoms with van der Waals surface area (Å²) in [5.41, 5.74) is 1.94. The molecule has 32 heavy (non-hydrogen) atoms. The van der Waals surface area contributed by atoms with E-state index in [1.165, 1.54) is 24.5 Å². The zero-order chi connectivity index (χ0) is 22.8. The van der Waals surface area contributed by atoms with E-state index < -0.39 is 16.8 Å². The molecule has 9 nitrogen and oxygen atoms in total. The van der Waals surface area contributed by atoms with Crippen molar-refractivity contribution in [1.29, 1.82) is 0 Å². The fourth-order valence-electron chi connectivity index (χ4n) is 4.37. The molecule has 0 bridgehead atoms. The van der Waals surface area contributed by atoms with E-state index in [4.69, 9.17) is 4.74 Å². The van der Waals surface area contributed by atoms with Gasteiger partial charge in [0, 0.05) is 42.7 Å². The van der Waals surface area contributed by atoms with Crippen molar-refractivity contribution >= 4 is 39.6 Å². The number of rotatable bonds is 6. The van der Waals surface area contributed by atoms with Gasteiger partial charge >= 0.3 is 5.97 Å². The number of thiophene rings is 1. The molecule has 170 valence electrons. The van der Waals surface area contributed by atoms with Gasteiger partial charge in [-0.3, -0.25) is 14.9 Å². The highest BCUT2D eigenvalue weighted by molar-refractivity contribution is 7.17. The van der Waals surface area contributed by atoms with Gasteiger partial charge in [-0.25, -0.2) is 4.79 Å². The first kappa shape index (κ1) is 22.2. The minimum Gasteiger partial charge on any atom is -0.465 e. The number of ether oxygens (including phenoxy) is 1. The Morgan fingerprint density at radius 3 is 2.62 bits per heavy atom. The number of methoxy groups -OCH3 is 1. The van der Waals surface area contributed by atoms with Crippen LogP contribution in [0.5, 0.6) is 0 Å². The van der Waals surface area contributed by atoms with Crippen LogP contribution in [0.2, 0.25) is 0 Å². The quantitative estimate of drug-likeness (QED) is 0.402. The first-order valence-electron chi connectivity index (χ1n) is 10.7. The molecule has 0 saturated carbocycles. The Morgan fingerprint density at radius 2 is 1.97 bits per heavy atom. The number of carbonyl (C=O) groups excluding carboxylic acids is 2. The molecule has 0 radical (unpaired) electrons. The van der Waals surface area contributed by atoms with E-state index in [-0.39, 0.29) is 11.3 Å². The molecule has 1 fully saturated rings. The van der Waals surface area contributed by atoms with Gasteiger partial charge in [-0.15, -0.1) is 11.3 Å². The number of nitrogens with zero attached hydrogens (tertiary/aromatic N) is 3. The maximum atomic E-state index is 12.9. The normalized spacial score (nSPS) is 16.0. The summed E-state index contributed by atoms with van der Waals surface area (Å²) < 4.78 is 4.92. The number of likely N-dealkylation sites (N-methyl/N-ethyl adjacent to an activating group) is 1. The number of nitro groups is 1. The Kier molecular flexibility index (Phi) is 6.43. The molecule has 1 aromatic heterocycles. The molecule has 1 aliphatic carbocycles. The number of hydrogen-bond acceptors (Lipinski definition) is 8. The molecule has 1 amide bonds. The van der Waals surface area contributed by atoms with E-state index in [2.05, 4.69) is 17.1 Å². The van der Waals surface area contributed by atoms with E-state index in [0.717, 1.165) is 49.3 Å². The Labute approximate surface area is 190 Å². The van der Waals surface area contributed by atoms with E-state index in [1.807, 2.05) is 4.90 Å². The van der Waals surface area contributed by atoms with Crippen LogP contribution in [0.25, 0.3) is 0 Å². The molecule has 4 rings (SSSR count).